The van der Waals surface area contributed by atoms with Crippen LogP contribution in [0.25, 0.3) is 0 Å². The van der Waals surface area contributed by atoms with Crippen molar-refractivity contribution in [1.29, 1.82) is 0 Å². The highest BCUT2D eigenvalue weighted by molar-refractivity contribution is 5.10. The van der Waals surface area contributed by atoms with Crippen LogP contribution in [0.2, 0.25) is 0 Å². The maximum absolute atomic E-state index is 12.7. The molecule has 0 radical (unpaired) electrons. The minimum Gasteiger partial charge on any atom is -0.472 e. The molecule has 0 spiro atoms. The third kappa shape index (κ3) is 3.28. The molecule has 1 aliphatic rings. The summed E-state index contributed by atoms with van der Waals surface area (Å²) in [5, 5.41) is 3.26. The number of alkyl halides is 3. The van der Waals surface area contributed by atoms with Gasteiger partial charge in [-0.15, -0.1) is 0 Å². The molecule has 18 heavy (non-hydrogen) atoms. The Balaban J connectivity index is 1.90. The van der Waals surface area contributed by atoms with Crippen LogP contribution in [0.3, 0.4) is 0 Å². The van der Waals surface area contributed by atoms with Gasteiger partial charge < -0.3 is 9.73 Å². The molecule has 0 saturated heterocycles. The summed E-state index contributed by atoms with van der Waals surface area (Å²) < 4.78 is 43.0. The lowest BCUT2D eigenvalue weighted by molar-refractivity contribution is -0.183. The number of hydrogen-bond acceptors (Lipinski definition) is 2. The second kappa shape index (κ2) is 5.34. The van der Waals surface area contributed by atoms with E-state index >= 15 is 0 Å². The van der Waals surface area contributed by atoms with Crippen LogP contribution in [0.5, 0.6) is 0 Å². The van der Waals surface area contributed by atoms with Crippen LogP contribution in [-0.4, -0.2) is 12.2 Å². The number of nitrogens with one attached hydrogen (secondary N) is 1. The molecule has 1 aliphatic carbocycles. The highest BCUT2D eigenvalue weighted by atomic mass is 19.4. The average Bonchev–Trinajstić information content (AvgIpc) is 2.81. The van der Waals surface area contributed by atoms with E-state index in [2.05, 4.69) is 5.32 Å². The van der Waals surface area contributed by atoms with Gasteiger partial charge in [0.1, 0.15) is 0 Å². The molecule has 1 heterocycles. The first kappa shape index (κ1) is 13.5. The number of rotatable bonds is 3. The quantitative estimate of drug-likeness (QED) is 0.888. The lowest BCUT2D eigenvalue weighted by Crippen LogP contribution is -2.39. The molecule has 0 amide bonds. The Kier molecular flexibility index (Phi) is 4.00. The molecule has 2 nitrogen and oxygen atoms in total. The second-order valence-corrected chi connectivity index (χ2v) is 5.05. The van der Waals surface area contributed by atoms with Gasteiger partial charge in [0.05, 0.1) is 18.4 Å². The molecule has 0 bridgehead atoms. The molecule has 1 saturated carbocycles. The predicted molar refractivity (Wildman–Crippen MR) is 62.1 cm³/mol. The number of halogens is 3. The van der Waals surface area contributed by atoms with Crippen molar-refractivity contribution in [2.75, 3.05) is 0 Å². The van der Waals surface area contributed by atoms with Crippen LogP contribution in [0, 0.1) is 5.92 Å². The standard InChI is InChI=1S/C13H18F3NO/c1-9(10-5-6-18-8-10)17-12-4-2-3-11(7-12)13(14,15)16/h5-6,8-9,11-12,17H,2-4,7H2,1H3. The summed E-state index contributed by atoms with van der Waals surface area (Å²) in [4.78, 5) is 0. The van der Waals surface area contributed by atoms with Crippen LogP contribution in [0.15, 0.2) is 23.0 Å². The first-order valence-electron chi connectivity index (χ1n) is 6.31. The topological polar surface area (TPSA) is 25.2 Å². The highest BCUT2D eigenvalue weighted by Crippen LogP contribution is 2.38. The Morgan fingerprint density at radius 3 is 2.78 bits per heavy atom. The monoisotopic (exact) mass is 261 g/mol. The lowest BCUT2D eigenvalue weighted by Gasteiger charge is -2.32. The Labute approximate surface area is 105 Å². The summed E-state index contributed by atoms with van der Waals surface area (Å²) in [5.74, 6) is -1.15. The van der Waals surface area contributed by atoms with Gasteiger partial charge in [0.25, 0.3) is 0 Å². The van der Waals surface area contributed by atoms with Gasteiger partial charge in [-0.3, -0.25) is 0 Å². The van der Waals surface area contributed by atoms with Crippen LogP contribution < -0.4 is 5.32 Å². The van der Waals surface area contributed by atoms with Crippen LogP contribution in [0.1, 0.15) is 44.2 Å². The maximum atomic E-state index is 12.7. The molecule has 1 aromatic heterocycles. The zero-order valence-corrected chi connectivity index (χ0v) is 10.3. The molecule has 3 unspecified atom stereocenters. The minimum absolute atomic E-state index is 0.0285. The summed E-state index contributed by atoms with van der Waals surface area (Å²) >= 11 is 0. The molecule has 0 aromatic carbocycles. The smallest absolute Gasteiger partial charge is 0.391 e. The van der Waals surface area contributed by atoms with E-state index in [1.54, 1.807) is 12.5 Å². The Morgan fingerprint density at radius 2 is 2.17 bits per heavy atom. The molecule has 1 N–H and O–H groups in total. The number of hydrogen-bond donors (Lipinski definition) is 1. The first-order chi connectivity index (χ1) is 8.47. The summed E-state index contributed by atoms with van der Waals surface area (Å²) in [7, 11) is 0. The van der Waals surface area contributed by atoms with Gasteiger partial charge in [0.15, 0.2) is 0 Å². The van der Waals surface area contributed by atoms with Crippen molar-refractivity contribution >= 4 is 0 Å². The normalized spacial score (nSPS) is 27.1. The lowest BCUT2D eigenvalue weighted by atomic mass is 9.85. The molecule has 2 rings (SSSR count). The van der Waals surface area contributed by atoms with E-state index in [1.807, 2.05) is 13.0 Å². The Morgan fingerprint density at radius 1 is 1.39 bits per heavy atom. The van der Waals surface area contributed by atoms with Gasteiger partial charge in [-0.2, -0.15) is 13.2 Å². The maximum Gasteiger partial charge on any atom is 0.391 e. The van der Waals surface area contributed by atoms with Gasteiger partial charge in [0.2, 0.25) is 0 Å². The highest BCUT2D eigenvalue weighted by Gasteiger charge is 2.42. The summed E-state index contributed by atoms with van der Waals surface area (Å²) in [6.45, 7) is 1.95. The van der Waals surface area contributed by atoms with Gasteiger partial charge in [-0.05, 0) is 32.3 Å². The van der Waals surface area contributed by atoms with Gasteiger partial charge in [-0.1, -0.05) is 6.42 Å². The summed E-state index contributed by atoms with van der Waals surface area (Å²) in [5.41, 5.74) is 0.976. The first-order valence-corrected chi connectivity index (χ1v) is 6.31. The molecular formula is C13H18F3NO. The van der Waals surface area contributed by atoms with Crippen molar-refractivity contribution < 1.29 is 17.6 Å². The second-order valence-electron chi connectivity index (χ2n) is 5.05. The fraction of sp³-hybridized carbons (Fsp3) is 0.692. The van der Waals surface area contributed by atoms with Crippen molar-refractivity contribution in [3.05, 3.63) is 24.2 Å². The molecular weight excluding hydrogens is 243 g/mol. The molecule has 3 atom stereocenters. The molecule has 1 fully saturated rings. The molecule has 5 heteroatoms. The van der Waals surface area contributed by atoms with Crippen molar-refractivity contribution in [3.8, 4) is 0 Å². The van der Waals surface area contributed by atoms with Gasteiger partial charge >= 0.3 is 6.18 Å². The molecule has 102 valence electrons. The summed E-state index contributed by atoms with van der Waals surface area (Å²) in [6, 6.07) is 1.80. The van der Waals surface area contributed by atoms with Crippen LogP contribution in [0.4, 0.5) is 13.2 Å². The van der Waals surface area contributed by atoms with E-state index in [1.165, 1.54) is 0 Å². The van der Waals surface area contributed by atoms with E-state index in [0.717, 1.165) is 12.0 Å². The molecule has 0 aliphatic heterocycles. The Bertz CT molecular complexity index is 361. The van der Waals surface area contributed by atoms with Crippen molar-refractivity contribution in [3.63, 3.8) is 0 Å². The van der Waals surface area contributed by atoms with E-state index in [9.17, 15) is 13.2 Å². The fourth-order valence-corrected chi connectivity index (χ4v) is 2.61. The average molecular weight is 261 g/mol. The largest absolute Gasteiger partial charge is 0.472 e. The van der Waals surface area contributed by atoms with Crippen LogP contribution >= 0.6 is 0 Å². The zero-order chi connectivity index (χ0) is 13.2. The fourth-order valence-electron chi connectivity index (χ4n) is 2.61. The predicted octanol–water partition coefficient (Wildman–Crippen LogP) is 4.05. The van der Waals surface area contributed by atoms with Gasteiger partial charge in [-0.25, -0.2) is 0 Å². The number of furan rings is 1. The SMILES string of the molecule is CC(NC1CCCC(C(F)(F)F)C1)c1ccoc1. The van der Waals surface area contributed by atoms with Gasteiger partial charge in [0, 0.05) is 17.6 Å². The van der Waals surface area contributed by atoms with Crippen molar-refractivity contribution in [1.82, 2.24) is 5.32 Å². The molecule has 1 aromatic rings. The summed E-state index contributed by atoms with van der Waals surface area (Å²) in [6.07, 6.45) is 1.05. The van der Waals surface area contributed by atoms with Crippen LogP contribution in [-0.2, 0) is 0 Å². The third-order valence-electron chi connectivity index (χ3n) is 3.67. The van der Waals surface area contributed by atoms with Crippen molar-refractivity contribution in [2.45, 2.75) is 50.9 Å². The minimum atomic E-state index is -4.06. The third-order valence-corrected chi connectivity index (χ3v) is 3.67. The van der Waals surface area contributed by atoms with E-state index in [4.69, 9.17) is 4.42 Å². The zero-order valence-electron chi connectivity index (χ0n) is 10.3. The van der Waals surface area contributed by atoms with Crippen molar-refractivity contribution in [2.24, 2.45) is 5.92 Å². The Hall–Kier alpha value is -0.970. The van der Waals surface area contributed by atoms with E-state index < -0.39 is 12.1 Å². The van der Waals surface area contributed by atoms with E-state index in [0.29, 0.717) is 6.42 Å². The van der Waals surface area contributed by atoms with E-state index in [-0.39, 0.29) is 24.9 Å².